The van der Waals surface area contributed by atoms with Gasteiger partial charge in [0.15, 0.2) is 17.3 Å². The summed E-state index contributed by atoms with van der Waals surface area (Å²) in [7, 11) is 0. The van der Waals surface area contributed by atoms with E-state index < -0.39 is 23.4 Å². The normalized spacial score (nSPS) is 23.2. The average Bonchev–Trinajstić information content (AvgIpc) is 3.30. The maximum atomic E-state index is 14.4. The first-order chi connectivity index (χ1) is 17.3. The Kier molecular flexibility index (Phi) is 5.10. The zero-order chi connectivity index (χ0) is 25.4. The first-order valence-electron chi connectivity index (χ1n) is 12.3. The molecule has 1 fully saturated rings. The van der Waals surface area contributed by atoms with E-state index in [4.69, 9.17) is 11.6 Å². The van der Waals surface area contributed by atoms with Gasteiger partial charge in [-0.1, -0.05) is 86.1 Å². The van der Waals surface area contributed by atoms with E-state index >= 15 is 0 Å². The van der Waals surface area contributed by atoms with E-state index in [1.807, 2.05) is 53.5 Å². The van der Waals surface area contributed by atoms with Crippen molar-refractivity contribution in [2.45, 2.75) is 44.7 Å². The van der Waals surface area contributed by atoms with Crippen molar-refractivity contribution in [2.24, 2.45) is 5.41 Å². The van der Waals surface area contributed by atoms with Gasteiger partial charge in [0.2, 0.25) is 0 Å². The molecule has 180 valence electrons. The lowest BCUT2D eigenvalue weighted by Gasteiger charge is -2.37. The Balaban J connectivity index is 1.65. The van der Waals surface area contributed by atoms with Gasteiger partial charge >= 0.3 is 0 Å². The molecule has 0 radical (unpaired) electrons. The largest absolute Gasteiger partial charge is 0.352 e. The van der Waals surface area contributed by atoms with Crippen LogP contribution in [0.4, 0.5) is 5.69 Å². The van der Waals surface area contributed by atoms with Crippen molar-refractivity contribution < 1.29 is 14.4 Å². The van der Waals surface area contributed by atoms with Crippen LogP contribution in [0.25, 0.3) is 6.08 Å². The molecular weight excluding hydrogens is 470 g/mol. The second kappa shape index (κ2) is 8.01. The molecule has 3 aromatic carbocycles. The van der Waals surface area contributed by atoms with Crippen LogP contribution in [0, 0.1) is 5.41 Å². The number of rotatable bonds is 3. The number of carbonyl (C=O) groups is 3. The summed E-state index contributed by atoms with van der Waals surface area (Å²) in [6.45, 7) is 5.80. The van der Waals surface area contributed by atoms with E-state index in [9.17, 15) is 14.4 Å². The molecule has 0 saturated carbocycles. The van der Waals surface area contributed by atoms with Crippen LogP contribution in [-0.2, 0) is 4.79 Å². The topological polar surface area (TPSA) is 54.5 Å². The number of Topliss-reactive ketones (excluding diaryl/α,β-unsaturated/α-hetero) is 3. The smallest absolute Gasteiger partial charge is 0.180 e. The highest BCUT2D eigenvalue weighted by atomic mass is 35.5. The Bertz CT molecular complexity index is 1430. The van der Waals surface area contributed by atoms with Crippen molar-refractivity contribution in [3.05, 3.63) is 106 Å². The number of halogens is 1. The number of hydrogen-bond donors (Lipinski definition) is 0. The Morgan fingerprint density at radius 1 is 0.944 bits per heavy atom. The SMILES string of the molecule is CC(=O)[C@H]1[C@H](c2ccc(C(C)C)cc2)C2(C(=O)c3ccccc3C2=O)[C@@H]2C=Cc3cc(Cl)ccc3N21. The molecule has 1 aliphatic carbocycles. The summed E-state index contributed by atoms with van der Waals surface area (Å²) in [6.07, 6.45) is 3.84. The van der Waals surface area contributed by atoms with E-state index in [0.717, 1.165) is 22.4 Å². The van der Waals surface area contributed by atoms with Crippen LogP contribution in [0.3, 0.4) is 0 Å². The number of anilines is 1. The summed E-state index contributed by atoms with van der Waals surface area (Å²) in [5.74, 6) is -0.795. The quantitative estimate of drug-likeness (QED) is 0.390. The predicted octanol–water partition coefficient (Wildman–Crippen LogP) is 6.49. The first kappa shape index (κ1) is 22.9. The highest BCUT2D eigenvalue weighted by Crippen LogP contribution is 2.60. The lowest BCUT2D eigenvalue weighted by atomic mass is 9.64. The van der Waals surface area contributed by atoms with E-state index in [1.54, 1.807) is 37.3 Å². The molecule has 1 saturated heterocycles. The molecule has 5 heteroatoms. The molecule has 0 aromatic heterocycles. The van der Waals surface area contributed by atoms with Crippen LogP contribution >= 0.6 is 11.6 Å². The summed E-state index contributed by atoms with van der Waals surface area (Å²) < 4.78 is 0. The minimum Gasteiger partial charge on any atom is -0.352 e. The van der Waals surface area contributed by atoms with Crippen molar-refractivity contribution in [1.29, 1.82) is 0 Å². The van der Waals surface area contributed by atoms with Crippen LogP contribution < -0.4 is 4.90 Å². The predicted molar refractivity (Wildman–Crippen MR) is 142 cm³/mol. The van der Waals surface area contributed by atoms with Crippen molar-refractivity contribution in [1.82, 2.24) is 0 Å². The molecule has 0 unspecified atom stereocenters. The van der Waals surface area contributed by atoms with Gasteiger partial charge in [0.25, 0.3) is 0 Å². The standard InChI is InChI=1S/C31H26ClNO3/c1-17(2)19-8-10-20(11-9-19)27-28(18(3)34)33-25-14-13-22(32)16-21(25)12-15-26(33)31(27)29(35)23-6-4-5-7-24(23)30(31)36/h4-17,26-28H,1-3H3/t26-,27-,28-/m0/s1. The van der Waals surface area contributed by atoms with Gasteiger partial charge in [-0.3, -0.25) is 14.4 Å². The number of ketones is 3. The van der Waals surface area contributed by atoms with Crippen LogP contribution in [-0.4, -0.2) is 29.4 Å². The fourth-order valence-corrected chi connectivity index (χ4v) is 6.74. The summed E-state index contributed by atoms with van der Waals surface area (Å²) in [5, 5.41) is 0.589. The van der Waals surface area contributed by atoms with E-state index in [2.05, 4.69) is 13.8 Å². The Hall–Kier alpha value is -3.50. The van der Waals surface area contributed by atoms with E-state index in [0.29, 0.717) is 22.1 Å². The lowest BCUT2D eigenvalue weighted by Crippen LogP contribution is -2.48. The molecule has 3 aromatic rings. The molecular formula is C31H26ClNO3. The summed E-state index contributed by atoms with van der Waals surface area (Å²) in [5.41, 5.74) is 3.10. The maximum Gasteiger partial charge on any atom is 0.180 e. The minimum atomic E-state index is -1.44. The first-order valence-corrected chi connectivity index (χ1v) is 12.7. The van der Waals surface area contributed by atoms with Crippen LogP contribution in [0.1, 0.15) is 70.0 Å². The van der Waals surface area contributed by atoms with Crippen LogP contribution in [0.15, 0.2) is 72.8 Å². The second-order valence-electron chi connectivity index (χ2n) is 10.3. The fraction of sp³-hybridized carbons (Fsp3) is 0.258. The van der Waals surface area contributed by atoms with Crippen molar-refractivity contribution in [3.8, 4) is 0 Å². The van der Waals surface area contributed by atoms with E-state index in [1.165, 1.54) is 0 Å². The molecule has 0 amide bonds. The van der Waals surface area contributed by atoms with Crippen molar-refractivity contribution in [3.63, 3.8) is 0 Å². The van der Waals surface area contributed by atoms with Gasteiger partial charge in [-0.25, -0.2) is 0 Å². The number of hydrogen-bond acceptors (Lipinski definition) is 4. The number of benzene rings is 3. The molecule has 36 heavy (non-hydrogen) atoms. The highest BCUT2D eigenvalue weighted by molar-refractivity contribution is 6.32. The summed E-state index contributed by atoms with van der Waals surface area (Å²) in [6, 6.07) is 19.4. The third-order valence-electron chi connectivity index (χ3n) is 8.14. The molecule has 2 aliphatic heterocycles. The fourth-order valence-electron chi connectivity index (χ4n) is 6.56. The Labute approximate surface area is 215 Å². The Morgan fingerprint density at radius 3 is 2.17 bits per heavy atom. The third kappa shape index (κ3) is 2.91. The van der Waals surface area contributed by atoms with Gasteiger partial charge in [0, 0.05) is 27.8 Å². The van der Waals surface area contributed by atoms with Gasteiger partial charge in [0.1, 0.15) is 5.41 Å². The van der Waals surface area contributed by atoms with Crippen LogP contribution in [0.2, 0.25) is 5.02 Å². The van der Waals surface area contributed by atoms with Gasteiger partial charge in [-0.15, -0.1) is 0 Å². The minimum absolute atomic E-state index is 0.0810. The number of fused-ring (bicyclic) bond motifs is 5. The molecule has 2 heterocycles. The Morgan fingerprint density at radius 2 is 1.58 bits per heavy atom. The zero-order valence-corrected chi connectivity index (χ0v) is 21.1. The van der Waals surface area contributed by atoms with Gasteiger partial charge in [0.05, 0.1) is 12.1 Å². The molecule has 6 rings (SSSR count). The summed E-state index contributed by atoms with van der Waals surface area (Å²) in [4.78, 5) is 44.2. The second-order valence-corrected chi connectivity index (χ2v) is 10.8. The van der Waals surface area contributed by atoms with Gasteiger partial charge in [-0.2, -0.15) is 0 Å². The molecule has 1 spiro atoms. The molecule has 4 nitrogen and oxygen atoms in total. The monoisotopic (exact) mass is 495 g/mol. The zero-order valence-electron chi connectivity index (χ0n) is 20.4. The average molecular weight is 496 g/mol. The molecule has 0 bridgehead atoms. The van der Waals surface area contributed by atoms with Gasteiger partial charge in [-0.05, 0) is 47.7 Å². The maximum absolute atomic E-state index is 14.4. The summed E-state index contributed by atoms with van der Waals surface area (Å²) >= 11 is 6.28. The van der Waals surface area contributed by atoms with Crippen LogP contribution in [0.5, 0.6) is 0 Å². The lowest BCUT2D eigenvalue weighted by molar-refractivity contribution is -0.118. The highest BCUT2D eigenvalue weighted by Gasteiger charge is 2.71. The third-order valence-corrected chi connectivity index (χ3v) is 8.38. The molecule has 3 atom stereocenters. The molecule has 3 aliphatic rings. The number of carbonyl (C=O) groups excluding carboxylic acids is 3. The molecule has 0 N–H and O–H groups in total. The van der Waals surface area contributed by atoms with Gasteiger partial charge < -0.3 is 4.90 Å². The van der Waals surface area contributed by atoms with Crippen molar-refractivity contribution >= 4 is 40.7 Å². The van der Waals surface area contributed by atoms with E-state index in [-0.39, 0.29) is 17.3 Å². The van der Waals surface area contributed by atoms with Crippen molar-refractivity contribution in [2.75, 3.05) is 4.90 Å². The number of nitrogens with zero attached hydrogens (tertiary/aromatic N) is 1.